The van der Waals surface area contributed by atoms with Gasteiger partial charge in [-0.25, -0.2) is 4.79 Å². The van der Waals surface area contributed by atoms with E-state index in [1.165, 1.54) is 0 Å². The van der Waals surface area contributed by atoms with E-state index < -0.39 is 6.09 Å². The van der Waals surface area contributed by atoms with Crippen LogP contribution in [0.2, 0.25) is 0 Å². The third-order valence-electron chi connectivity index (χ3n) is 3.87. The van der Waals surface area contributed by atoms with E-state index in [9.17, 15) is 4.79 Å². The molecule has 3 N–H and O–H groups in total. The molecule has 1 heterocycles. The van der Waals surface area contributed by atoms with Crippen LogP contribution in [0.4, 0.5) is 4.79 Å². The van der Waals surface area contributed by atoms with Gasteiger partial charge in [-0.05, 0) is 37.1 Å². The molecule has 0 aromatic rings. The Balaban J connectivity index is 2.87. The Kier molecular flexibility index (Phi) is 6.07. The first-order valence-corrected chi connectivity index (χ1v) is 7.08. The lowest BCUT2D eigenvalue weighted by atomic mass is 9.67. The fraction of sp³-hybridized carbons (Fsp3) is 0.929. The number of rotatable bonds is 5. The van der Waals surface area contributed by atoms with Gasteiger partial charge in [-0.15, -0.1) is 0 Å². The first kappa shape index (κ1) is 16.2. The molecule has 1 fully saturated rings. The Hall–Kier alpha value is -0.810. The molecule has 1 unspecified atom stereocenters. The number of amides is 1. The molecule has 0 aliphatic carbocycles. The summed E-state index contributed by atoms with van der Waals surface area (Å²) in [6.45, 7) is 8.75. The van der Waals surface area contributed by atoms with Gasteiger partial charge in [0, 0.05) is 25.8 Å². The van der Waals surface area contributed by atoms with Gasteiger partial charge in [0.15, 0.2) is 0 Å². The molecule has 0 aromatic heterocycles. The van der Waals surface area contributed by atoms with Crippen molar-refractivity contribution in [2.75, 3.05) is 26.8 Å². The Morgan fingerprint density at radius 3 is 2.58 bits per heavy atom. The highest BCUT2D eigenvalue weighted by Gasteiger charge is 2.39. The molecule has 1 amide bonds. The molecule has 112 valence electrons. The molecule has 1 aliphatic heterocycles. The molecule has 5 nitrogen and oxygen atoms in total. The summed E-state index contributed by atoms with van der Waals surface area (Å²) < 4.78 is 5.60. The van der Waals surface area contributed by atoms with Crippen molar-refractivity contribution in [2.24, 2.45) is 17.3 Å². The van der Waals surface area contributed by atoms with Crippen LogP contribution in [0.15, 0.2) is 0 Å². The number of hydrogen-bond acceptors (Lipinski definition) is 3. The van der Waals surface area contributed by atoms with E-state index in [-0.39, 0.29) is 17.4 Å². The van der Waals surface area contributed by atoms with E-state index in [0.29, 0.717) is 12.5 Å². The number of carboxylic acid groups (broad SMARTS) is 1. The van der Waals surface area contributed by atoms with Crippen LogP contribution in [0.3, 0.4) is 0 Å². The highest BCUT2D eigenvalue weighted by Crippen LogP contribution is 2.38. The average Bonchev–Trinajstić information content (AvgIpc) is 2.28. The predicted molar refractivity (Wildman–Crippen MR) is 75.4 cm³/mol. The molecule has 0 aromatic carbocycles. The third-order valence-corrected chi connectivity index (χ3v) is 3.87. The van der Waals surface area contributed by atoms with Crippen LogP contribution in [-0.2, 0) is 4.74 Å². The minimum absolute atomic E-state index is 0.0370. The van der Waals surface area contributed by atoms with Gasteiger partial charge in [-0.2, -0.15) is 0 Å². The van der Waals surface area contributed by atoms with E-state index >= 15 is 0 Å². The smallest absolute Gasteiger partial charge is 0.404 e. The lowest BCUT2D eigenvalue weighted by Gasteiger charge is -2.43. The van der Waals surface area contributed by atoms with Crippen molar-refractivity contribution in [3.63, 3.8) is 0 Å². The standard InChI is InChI=1S/C14H28N2O3/c1-14(2,3)12(10-6-5-7-19-9-10)11(8-15-4)16-13(17)18/h10-12,15-16H,5-9H2,1-4H3,(H,17,18)/t10-,11?,12-/m1/s1. The van der Waals surface area contributed by atoms with Crippen LogP contribution in [0.5, 0.6) is 0 Å². The Labute approximate surface area is 116 Å². The largest absolute Gasteiger partial charge is 0.465 e. The van der Waals surface area contributed by atoms with Gasteiger partial charge < -0.3 is 20.5 Å². The topological polar surface area (TPSA) is 70.6 Å². The summed E-state index contributed by atoms with van der Waals surface area (Å²) in [7, 11) is 1.85. The quantitative estimate of drug-likeness (QED) is 0.715. The number of carbonyl (C=O) groups is 1. The van der Waals surface area contributed by atoms with Crippen LogP contribution < -0.4 is 10.6 Å². The second-order valence-corrected chi connectivity index (χ2v) is 6.48. The molecule has 0 bridgehead atoms. The number of likely N-dealkylation sites (N-methyl/N-ethyl adjacent to an activating group) is 1. The Morgan fingerprint density at radius 2 is 2.16 bits per heavy atom. The lowest BCUT2D eigenvalue weighted by molar-refractivity contribution is -0.0104. The van der Waals surface area contributed by atoms with E-state index in [2.05, 4.69) is 31.4 Å². The molecule has 1 rings (SSSR count). The van der Waals surface area contributed by atoms with Gasteiger partial charge in [-0.3, -0.25) is 0 Å². The Morgan fingerprint density at radius 1 is 1.47 bits per heavy atom. The zero-order chi connectivity index (χ0) is 14.5. The van der Waals surface area contributed by atoms with Gasteiger partial charge >= 0.3 is 6.09 Å². The van der Waals surface area contributed by atoms with E-state index in [1.54, 1.807) is 0 Å². The van der Waals surface area contributed by atoms with Gasteiger partial charge in [-0.1, -0.05) is 20.8 Å². The second kappa shape index (κ2) is 7.10. The maximum absolute atomic E-state index is 11.0. The van der Waals surface area contributed by atoms with Gasteiger partial charge in [0.05, 0.1) is 0 Å². The Bertz CT molecular complexity index is 283. The summed E-state index contributed by atoms with van der Waals surface area (Å²) in [5, 5.41) is 14.8. The average molecular weight is 272 g/mol. The maximum Gasteiger partial charge on any atom is 0.404 e. The van der Waals surface area contributed by atoms with Crippen molar-refractivity contribution in [1.82, 2.24) is 10.6 Å². The van der Waals surface area contributed by atoms with Crippen LogP contribution >= 0.6 is 0 Å². The van der Waals surface area contributed by atoms with Crippen molar-refractivity contribution >= 4 is 6.09 Å². The molecule has 1 saturated heterocycles. The SMILES string of the molecule is CNCC(NC(=O)O)[C@@H]([C@@H]1CCCOC1)C(C)(C)C. The summed E-state index contributed by atoms with van der Waals surface area (Å²) in [5.74, 6) is 0.676. The fourth-order valence-corrected chi connectivity index (χ4v) is 3.33. The van der Waals surface area contributed by atoms with Crippen molar-refractivity contribution < 1.29 is 14.6 Å². The van der Waals surface area contributed by atoms with Crippen LogP contribution in [0, 0.1) is 17.3 Å². The number of nitrogens with one attached hydrogen (secondary N) is 2. The highest BCUT2D eigenvalue weighted by molar-refractivity contribution is 5.65. The molecule has 0 saturated carbocycles. The summed E-state index contributed by atoms with van der Waals surface area (Å²) >= 11 is 0. The van der Waals surface area contributed by atoms with Crippen molar-refractivity contribution in [2.45, 2.75) is 39.7 Å². The van der Waals surface area contributed by atoms with Crippen molar-refractivity contribution in [1.29, 1.82) is 0 Å². The van der Waals surface area contributed by atoms with Crippen LogP contribution in [0.1, 0.15) is 33.6 Å². The van der Waals surface area contributed by atoms with E-state index in [4.69, 9.17) is 9.84 Å². The summed E-state index contributed by atoms with van der Waals surface area (Å²) in [4.78, 5) is 11.0. The van der Waals surface area contributed by atoms with Gasteiger partial charge in [0.2, 0.25) is 0 Å². The molecule has 1 aliphatic rings. The minimum atomic E-state index is -0.953. The summed E-state index contributed by atoms with van der Waals surface area (Å²) in [5.41, 5.74) is 0.0370. The summed E-state index contributed by atoms with van der Waals surface area (Å²) in [6.07, 6.45) is 1.23. The van der Waals surface area contributed by atoms with E-state index in [0.717, 1.165) is 26.1 Å². The van der Waals surface area contributed by atoms with E-state index in [1.807, 2.05) is 7.05 Å². The predicted octanol–water partition coefficient (Wildman–Crippen LogP) is 1.93. The van der Waals surface area contributed by atoms with Gasteiger partial charge in [0.1, 0.15) is 0 Å². The number of hydrogen-bond donors (Lipinski definition) is 3. The summed E-state index contributed by atoms with van der Waals surface area (Å²) in [6, 6.07) is -0.0887. The third kappa shape index (κ3) is 4.99. The molecular formula is C14H28N2O3. The molecule has 0 radical (unpaired) electrons. The highest BCUT2D eigenvalue weighted by atomic mass is 16.5. The molecule has 5 heteroatoms. The fourth-order valence-electron chi connectivity index (χ4n) is 3.33. The van der Waals surface area contributed by atoms with Crippen LogP contribution in [0.25, 0.3) is 0 Å². The molecule has 0 spiro atoms. The zero-order valence-corrected chi connectivity index (χ0v) is 12.5. The molecule has 3 atom stereocenters. The van der Waals surface area contributed by atoms with Crippen LogP contribution in [-0.4, -0.2) is 44.0 Å². The minimum Gasteiger partial charge on any atom is -0.465 e. The maximum atomic E-state index is 11.0. The number of ether oxygens (including phenoxy) is 1. The second-order valence-electron chi connectivity index (χ2n) is 6.48. The first-order chi connectivity index (χ1) is 8.86. The van der Waals surface area contributed by atoms with Gasteiger partial charge in [0.25, 0.3) is 0 Å². The monoisotopic (exact) mass is 272 g/mol. The zero-order valence-electron chi connectivity index (χ0n) is 12.5. The normalized spacial score (nSPS) is 23.7. The van der Waals surface area contributed by atoms with Crippen molar-refractivity contribution in [3.05, 3.63) is 0 Å². The molecule has 19 heavy (non-hydrogen) atoms. The molecular weight excluding hydrogens is 244 g/mol. The lowest BCUT2D eigenvalue weighted by Crippen LogP contribution is -2.53. The first-order valence-electron chi connectivity index (χ1n) is 7.08. The van der Waals surface area contributed by atoms with Crippen molar-refractivity contribution in [3.8, 4) is 0 Å².